The molecule has 0 bridgehead atoms. The highest BCUT2D eigenvalue weighted by Crippen LogP contribution is 2.17. The van der Waals surface area contributed by atoms with Gasteiger partial charge in [0.15, 0.2) is 0 Å². The third-order valence-electron chi connectivity index (χ3n) is 3.04. The van der Waals surface area contributed by atoms with Crippen LogP contribution in [0.1, 0.15) is 12.5 Å². The molecule has 0 saturated carbocycles. The number of β-amino-alcohol motifs (C(OH)–C–C–N with tert-alkyl or cyclic N) is 1. The Morgan fingerprint density at radius 1 is 1.41 bits per heavy atom. The molecule has 92 valence electrons. The highest BCUT2D eigenvalue weighted by Gasteiger charge is 2.31. The molecule has 1 amide bonds. The SMILES string of the molecule is CC1CN(C(=O)OCc2ccccc2)CC1O. The highest BCUT2D eigenvalue weighted by molar-refractivity contribution is 5.68. The second kappa shape index (κ2) is 5.19. The molecule has 2 rings (SSSR count). The summed E-state index contributed by atoms with van der Waals surface area (Å²) in [7, 11) is 0. The minimum atomic E-state index is -0.431. The van der Waals surface area contributed by atoms with E-state index in [1.165, 1.54) is 0 Å². The van der Waals surface area contributed by atoms with Gasteiger partial charge in [-0.15, -0.1) is 0 Å². The molecule has 1 N–H and O–H groups in total. The quantitative estimate of drug-likeness (QED) is 0.847. The molecule has 17 heavy (non-hydrogen) atoms. The van der Waals surface area contributed by atoms with E-state index in [9.17, 15) is 9.90 Å². The van der Waals surface area contributed by atoms with Crippen LogP contribution in [-0.4, -0.2) is 35.3 Å². The third-order valence-corrected chi connectivity index (χ3v) is 3.04. The molecule has 0 spiro atoms. The zero-order valence-electron chi connectivity index (χ0n) is 9.87. The van der Waals surface area contributed by atoms with Crippen LogP contribution >= 0.6 is 0 Å². The highest BCUT2D eigenvalue weighted by atomic mass is 16.6. The molecule has 2 unspecified atom stereocenters. The van der Waals surface area contributed by atoms with Crippen LogP contribution < -0.4 is 0 Å². The maximum atomic E-state index is 11.7. The van der Waals surface area contributed by atoms with Crippen LogP contribution in [0, 0.1) is 5.92 Å². The minimum absolute atomic E-state index is 0.124. The summed E-state index contributed by atoms with van der Waals surface area (Å²) in [4.78, 5) is 13.3. The van der Waals surface area contributed by atoms with E-state index >= 15 is 0 Å². The van der Waals surface area contributed by atoms with E-state index in [-0.39, 0.29) is 18.6 Å². The smallest absolute Gasteiger partial charge is 0.410 e. The lowest BCUT2D eigenvalue weighted by Crippen LogP contribution is -2.30. The van der Waals surface area contributed by atoms with Crippen molar-refractivity contribution >= 4 is 6.09 Å². The number of likely N-dealkylation sites (tertiary alicyclic amines) is 1. The minimum Gasteiger partial charge on any atom is -0.445 e. The number of benzene rings is 1. The largest absolute Gasteiger partial charge is 0.445 e. The van der Waals surface area contributed by atoms with Crippen molar-refractivity contribution in [3.8, 4) is 0 Å². The Morgan fingerprint density at radius 3 is 2.71 bits per heavy atom. The van der Waals surface area contributed by atoms with E-state index in [0.717, 1.165) is 5.56 Å². The predicted molar refractivity (Wildman–Crippen MR) is 63.4 cm³/mol. The second-order valence-electron chi connectivity index (χ2n) is 4.49. The molecule has 1 aromatic rings. The number of amides is 1. The molecule has 0 aliphatic carbocycles. The Hall–Kier alpha value is -1.55. The van der Waals surface area contributed by atoms with Crippen LogP contribution in [0.25, 0.3) is 0 Å². The molecule has 4 nitrogen and oxygen atoms in total. The topological polar surface area (TPSA) is 49.8 Å². The van der Waals surface area contributed by atoms with Crippen molar-refractivity contribution in [2.45, 2.75) is 19.6 Å². The van der Waals surface area contributed by atoms with Crippen LogP contribution in [0.5, 0.6) is 0 Å². The van der Waals surface area contributed by atoms with E-state index in [4.69, 9.17) is 4.74 Å². The summed E-state index contributed by atoms with van der Waals surface area (Å²) in [6, 6.07) is 9.56. The van der Waals surface area contributed by atoms with Gasteiger partial charge in [-0.1, -0.05) is 37.3 Å². The number of ether oxygens (including phenoxy) is 1. The van der Waals surface area contributed by atoms with Gasteiger partial charge in [-0.3, -0.25) is 0 Å². The summed E-state index contributed by atoms with van der Waals surface area (Å²) in [6.07, 6.45) is -0.781. The summed E-state index contributed by atoms with van der Waals surface area (Å²) in [6.45, 7) is 3.14. The molecule has 1 aromatic carbocycles. The molecule has 2 atom stereocenters. The van der Waals surface area contributed by atoms with Crippen molar-refractivity contribution in [3.05, 3.63) is 35.9 Å². The maximum absolute atomic E-state index is 11.7. The molecule has 1 fully saturated rings. The zero-order valence-corrected chi connectivity index (χ0v) is 9.87. The lowest BCUT2D eigenvalue weighted by atomic mass is 10.1. The number of nitrogens with zero attached hydrogens (tertiary/aromatic N) is 1. The summed E-state index contributed by atoms with van der Waals surface area (Å²) in [5.41, 5.74) is 0.966. The van der Waals surface area contributed by atoms with E-state index in [1.807, 2.05) is 37.3 Å². The number of hydrogen-bond acceptors (Lipinski definition) is 3. The first-order valence-corrected chi connectivity index (χ1v) is 5.80. The number of hydrogen-bond donors (Lipinski definition) is 1. The number of rotatable bonds is 2. The van der Waals surface area contributed by atoms with Crippen molar-refractivity contribution in [3.63, 3.8) is 0 Å². The summed E-state index contributed by atoms with van der Waals surface area (Å²) in [5.74, 6) is 0.124. The zero-order chi connectivity index (χ0) is 12.3. The molecule has 0 radical (unpaired) electrons. The van der Waals surface area contributed by atoms with Crippen LogP contribution in [0.4, 0.5) is 4.79 Å². The Morgan fingerprint density at radius 2 is 2.12 bits per heavy atom. The molecule has 1 aliphatic rings. The first-order chi connectivity index (χ1) is 8.16. The van der Waals surface area contributed by atoms with Gasteiger partial charge in [0, 0.05) is 12.5 Å². The van der Waals surface area contributed by atoms with E-state index in [0.29, 0.717) is 13.1 Å². The van der Waals surface area contributed by atoms with E-state index in [2.05, 4.69) is 0 Å². The van der Waals surface area contributed by atoms with Crippen LogP contribution in [-0.2, 0) is 11.3 Å². The van der Waals surface area contributed by atoms with Gasteiger partial charge in [-0.25, -0.2) is 4.79 Å². The molecule has 1 saturated heterocycles. The van der Waals surface area contributed by atoms with Crippen LogP contribution in [0.2, 0.25) is 0 Å². The Labute approximate surface area is 101 Å². The van der Waals surface area contributed by atoms with Crippen molar-refractivity contribution in [1.29, 1.82) is 0 Å². The van der Waals surface area contributed by atoms with Gasteiger partial charge in [0.25, 0.3) is 0 Å². The fraction of sp³-hybridized carbons (Fsp3) is 0.462. The number of carbonyl (C=O) groups excluding carboxylic acids is 1. The Balaban J connectivity index is 1.82. The first kappa shape index (κ1) is 11.9. The molecule has 4 heteroatoms. The predicted octanol–water partition coefficient (Wildman–Crippen LogP) is 1.64. The third kappa shape index (κ3) is 2.97. The maximum Gasteiger partial charge on any atom is 0.410 e. The van der Waals surface area contributed by atoms with Crippen molar-refractivity contribution in [2.24, 2.45) is 5.92 Å². The molecule has 1 aliphatic heterocycles. The van der Waals surface area contributed by atoms with Gasteiger partial charge in [0.2, 0.25) is 0 Å². The van der Waals surface area contributed by atoms with Crippen molar-refractivity contribution < 1.29 is 14.6 Å². The van der Waals surface area contributed by atoms with E-state index < -0.39 is 6.10 Å². The fourth-order valence-corrected chi connectivity index (χ4v) is 1.91. The average molecular weight is 235 g/mol. The standard InChI is InChI=1S/C13H17NO3/c1-10-7-14(8-12(10)15)13(16)17-9-11-5-3-2-4-6-11/h2-6,10,12,15H,7-9H2,1H3. The van der Waals surface area contributed by atoms with Crippen LogP contribution in [0.15, 0.2) is 30.3 Å². The van der Waals surface area contributed by atoms with Gasteiger partial charge < -0.3 is 14.7 Å². The number of aliphatic hydroxyl groups excluding tert-OH is 1. The van der Waals surface area contributed by atoms with Gasteiger partial charge in [-0.05, 0) is 5.56 Å². The second-order valence-corrected chi connectivity index (χ2v) is 4.49. The molecule has 0 aromatic heterocycles. The molecular formula is C13H17NO3. The summed E-state index contributed by atoms with van der Waals surface area (Å²) in [5, 5.41) is 9.55. The van der Waals surface area contributed by atoms with Gasteiger partial charge in [0.1, 0.15) is 6.61 Å². The van der Waals surface area contributed by atoms with Gasteiger partial charge in [-0.2, -0.15) is 0 Å². The lowest BCUT2D eigenvalue weighted by Gasteiger charge is -2.15. The van der Waals surface area contributed by atoms with Crippen molar-refractivity contribution in [2.75, 3.05) is 13.1 Å². The van der Waals surface area contributed by atoms with Crippen LogP contribution in [0.3, 0.4) is 0 Å². The van der Waals surface area contributed by atoms with Gasteiger partial charge in [0.05, 0.1) is 12.6 Å². The van der Waals surface area contributed by atoms with Crippen molar-refractivity contribution in [1.82, 2.24) is 4.90 Å². The normalized spacial score (nSPS) is 23.8. The summed E-state index contributed by atoms with van der Waals surface area (Å²) < 4.78 is 5.18. The average Bonchev–Trinajstić information content (AvgIpc) is 2.68. The number of aliphatic hydroxyl groups is 1. The summed E-state index contributed by atoms with van der Waals surface area (Å²) >= 11 is 0. The molecular weight excluding hydrogens is 218 g/mol. The monoisotopic (exact) mass is 235 g/mol. The van der Waals surface area contributed by atoms with Gasteiger partial charge >= 0.3 is 6.09 Å². The number of carbonyl (C=O) groups is 1. The first-order valence-electron chi connectivity index (χ1n) is 5.80. The Kier molecular flexibility index (Phi) is 3.64. The van der Waals surface area contributed by atoms with E-state index in [1.54, 1.807) is 4.90 Å². The lowest BCUT2D eigenvalue weighted by molar-refractivity contribution is 0.0968. The molecule has 1 heterocycles. The fourth-order valence-electron chi connectivity index (χ4n) is 1.91. The Bertz CT molecular complexity index is 370.